The minimum atomic E-state index is 0.00639. The van der Waals surface area contributed by atoms with Gasteiger partial charge in [-0.15, -0.1) is 0 Å². The van der Waals surface area contributed by atoms with Crippen molar-refractivity contribution >= 4 is 28.5 Å². The monoisotopic (exact) mass is 373 g/mol. The van der Waals surface area contributed by atoms with Crippen LogP contribution in [0.25, 0.3) is 0 Å². The van der Waals surface area contributed by atoms with Crippen LogP contribution in [0, 0.1) is 3.57 Å². The fourth-order valence-corrected chi connectivity index (χ4v) is 3.32. The van der Waals surface area contributed by atoms with Crippen molar-refractivity contribution in [2.75, 3.05) is 13.2 Å². The van der Waals surface area contributed by atoms with Crippen molar-refractivity contribution in [2.24, 2.45) is 0 Å². The number of rotatable bonds is 1. The summed E-state index contributed by atoms with van der Waals surface area (Å²) in [7, 11) is 0. The Balaban J connectivity index is 1.84. The number of phenols is 1. The van der Waals surface area contributed by atoms with Crippen molar-refractivity contribution in [1.29, 1.82) is 0 Å². The molecule has 102 valence electrons. The van der Waals surface area contributed by atoms with E-state index in [0.29, 0.717) is 18.7 Å². The molecule has 2 aliphatic rings. The average Bonchev–Trinajstić information content (AvgIpc) is 2.89. The zero-order chi connectivity index (χ0) is 13.4. The number of carbonyl (C=O) groups excluding carboxylic acids is 1. The Kier molecular flexibility index (Phi) is 3.66. The molecule has 1 aromatic carbocycles. The largest absolute Gasteiger partial charge is 0.507 e. The van der Waals surface area contributed by atoms with Crippen LogP contribution in [-0.4, -0.2) is 41.2 Å². The molecule has 0 spiro atoms. The first-order valence-corrected chi connectivity index (χ1v) is 7.66. The topological polar surface area (TPSA) is 49.8 Å². The molecule has 1 amide bonds. The van der Waals surface area contributed by atoms with Crippen molar-refractivity contribution in [3.63, 3.8) is 0 Å². The summed E-state index contributed by atoms with van der Waals surface area (Å²) in [5.74, 6) is 0.176. The van der Waals surface area contributed by atoms with Crippen LogP contribution in [-0.2, 0) is 4.74 Å². The van der Waals surface area contributed by atoms with Gasteiger partial charge in [-0.25, -0.2) is 0 Å². The Bertz CT molecular complexity index is 505. The molecule has 2 unspecified atom stereocenters. The molecule has 3 rings (SSSR count). The Morgan fingerprint density at radius 1 is 1.42 bits per heavy atom. The van der Waals surface area contributed by atoms with Crippen LogP contribution in [0.15, 0.2) is 18.2 Å². The molecule has 1 aliphatic carbocycles. The molecular formula is C14H16INO3. The van der Waals surface area contributed by atoms with Crippen molar-refractivity contribution in [3.8, 4) is 5.75 Å². The molecule has 1 N–H and O–H groups in total. The maximum absolute atomic E-state index is 12.6. The second kappa shape index (κ2) is 5.28. The van der Waals surface area contributed by atoms with E-state index in [0.717, 1.165) is 22.8 Å². The molecule has 0 aromatic heterocycles. The highest BCUT2D eigenvalue weighted by Crippen LogP contribution is 2.31. The highest BCUT2D eigenvalue weighted by molar-refractivity contribution is 14.1. The molecule has 19 heavy (non-hydrogen) atoms. The van der Waals surface area contributed by atoms with Gasteiger partial charge in [0.2, 0.25) is 0 Å². The lowest BCUT2D eigenvalue weighted by Gasteiger charge is -2.37. The van der Waals surface area contributed by atoms with Crippen molar-refractivity contribution < 1.29 is 14.6 Å². The minimum Gasteiger partial charge on any atom is -0.507 e. The van der Waals surface area contributed by atoms with Gasteiger partial charge in [0.1, 0.15) is 5.75 Å². The molecule has 1 aliphatic heterocycles. The molecule has 1 heterocycles. The third kappa shape index (κ3) is 2.45. The van der Waals surface area contributed by atoms with Crippen LogP contribution in [0.4, 0.5) is 0 Å². The van der Waals surface area contributed by atoms with Crippen LogP contribution in [0.1, 0.15) is 29.6 Å². The van der Waals surface area contributed by atoms with Gasteiger partial charge in [-0.3, -0.25) is 4.79 Å². The molecule has 0 radical (unpaired) electrons. The first-order chi connectivity index (χ1) is 9.16. The van der Waals surface area contributed by atoms with Crippen molar-refractivity contribution in [3.05, 3.63) is 27.3 Å². The Hall–Kier alpha value is -0.820. The summed E-state index contributed by atoms with van der Waals surface area (Å²) in [5.41, 5.74) is 0.561. The van der Waals surface area contributed by atoms with E-state index in [2.05, 4.69) is 0 Å². The van der Waals surface area contributed by atoms with E-state index < -0.39 is 0 Å². The number of hydrogen-bond donors (Lipinski definition) is 1. The van der Waals surface area contributed by atoms with Gasteiger partial charge < -0.3 is 14.7 Å². The summed E-state index contributed by atoms with van der Waals surface area (Å²) >= 11 is 2.05. The Morgan fingerprint density at radius 2 is 2.26 bits per heavy atom. The van der Waals surface area contributed by atoms with Gasteiger partial charge in [-0.1, -0.05) is 0 Å². The lowest BCUT2D eigenvalue weighted by molar-refractivity contribution is -0.0445. The van der Waals surface area contributed by atoms with Gasteiger partial charge in [0, 0.05) is 12.1 Å². The quantitative estimate of drug-likeness (QED) is 0.770. The molecule has 2 atom stereocenters. The third-order valence-corrected chi connectivity index (χ3v) is 4.85. The van der Waals surface area contributed by atoms with Crippen molar-refractivity contribution in [2.45, 2.75) is 31.4 Å². The molecule has 0 bridgehead atoms. The zero-order valence-corrected chi connectivity index (χ0v) is 12.7. The van der Waals surface area contributed by atoms with Crippen LogP contribution in [0.2, 0.25) is 0 Å². The third-order valence-electron chi connectivity index (χ3n) is 3.94. The SMILES string of the molecule is O=C(c1ccc(I)c(O)c1)N1CCOC2CCCC21. The molecule has 1 aromatic rings. The average molecular weight is 373 g/mol. The highest BCUT2D eigenvalue weighted by atomic mass is 127. The number of carbonyl (C=O) groups is 1. The van der Waals surface area contributed by atoms with Gasteiger partial charge in [-0.2, -0.15) is 0 Å². The van der Waals surface area contributed by atoms with Crippen LogP contribution in [0.5, 0.6) is 5.75 Å². The smallest absolute Gasteiger partial charge is 0.254 e. The van der Waals surface area contributed by atoms with Gasteiger partial charge in [0.25, 0.3) is 5.91 Å². The summed E-state index contributed by atoms with van der Waals surface area (Å²) in [5, 5.41) is 9.73. The maximum Gasteiger partial charge on any atom is 0.254 e. The number of phenolic OH excluding ortho intramolecular Hbond substituents is 1. The standard InChI is InChI=1S/C14H16INO3/c15-10-5-4-9(8-12(10)17)14(18)16-6-7-19-13-3-1-2-11(13)16/h4-5,8,11,13,17H,1-3,6-7H2. The number of hydrogen-bond acceptors (Lipinski definition) is 3. The number of morpholine rings is 1. The lowest BCUT2D eigenvalue weighted by Crippen LogP contribution is -2.51. The first kappa shape index (κ1) is 13.2. The van der Waals surface area contributed by atoms with Crippen LogP contribution in [0.3, 0.4) is 0 Å². The van der Waals surface area contributed by atoms with E-state index in [4.69, 9.17) is 4.74 Å². The van der Waals surface area contributed by atoms with E-state index in [-0.39, 0.29) is 23.8 Å². The molecule has 1 saturated carbocycles. The number of nitrogens with zero attached hydrogens (tertiary/aromatic N) is 1. The fourth-order valence-electron chi connectivity index (χ4n) is 2.99. The van der Waals surface area contributed by atoms with E-state index >= 15 is 0 Å². The summed E-state index contributed by atoms with van der Waals surface area (Å²) < 4.78 is 6.48. The fraction of sp³-hybridized carbons (Fsp3) is 0.500. The number of benzene rings is 1. The van der Waals surface area contributed by atoms with E-state index in [1.807, 2.05) is 27.5 Å². The predicted molar refractivity (Wildman–Crippen MR) is 79.2 cm³/mol. The molecular weight excluding hydrogens is 357 g/mol. The summed E-state index contributed by atoms with van der Waals surface area (Å²) in [6.45, 7) is 1.26. The molecule has 1 saturated heterocycles. The summed E-state index contributed by atoms with van der Waals surface area (Å²) in [6.07, 6.45) is 3.39. The molecule has 4 nitrogen and oxygen atoms in total. The molecule has 2 fully saturated rings. The van der Waals surface area contributed by atoms with Crippen LogP contribution >= 0.6 is 22.6 Å². The van der Waals surface area contributed by atoms with E-state index in [1.54, 1.807) is 18.2 Å². The van der Waals surface area contributed by atoms with Crippen LogP contribution < -0.4 is 0 Å². The Labute approximate surface area is 125 Å². The second-order valence-electron chi connectivity index (χ2n) is 5.07. The number of amides is 1. The molecule has 5 heteroatoms. The summed E-state index contributed by atoms with van der Waals surface area (Å²) in [6, 6.07) is 5.32. The number of ether oxygens (including phenoxy) is 1. The number of halogens is 1. The summed E-state index contributed by atoms with van der Waals surface area (Å²) in [4.78, 5) is 14.5. The highest BCUT2D eigenvalue weighted by Gasteiger charge is 2.38. The van der Waals surface area contributed by atoms with Gasteiger partial charge in [0.15, 0.2) is 0 Å². The van der Waals surface area contributed by atoms with Crippen molar-refractivity contribution in [1.82, 2.24) is 4.90 Å². The Morgan fingerprint density at radius 3 is 3.05 bits per heavy atom. The van der Waals surface area contributed by atoms with Gasteiger partial charge in [0.05, 0.1) is 22.3 Å². The normalized spacial score (nSPS) is 26.3. The van der Waals surface area contributed by atoms with E-state index in [1.165, 1.54) is 0 Å². The lowest BCUT2D eigenvalue weighted by atomic mass is 10.1. The maximum atomic E-state index is 12.6. The second-order valence-corrected chi connectivity index (χ2v) is 6.23. The zero-order valence-electron chi connectivity index (χ0n) is 10.5. The number of aromatic hydroxyl groups is 1. The number of fused-ring (bicyclic) bond motifs is 1. The van der Waals surface area contributed by atoms with E-state index in [9.17, 15) is 9.90 Å². The predicted octanol–water partition coefficient (Wildman–Crippen LogP) is 2.39. The van der Waals surface area contributed by atoms with Gasteiger partial charge >= 0.3 is 0 Å². The first-order valence-electron chi connectivity index (χ1n) is 6.58. The minimum absolute atomic E-state index is 0.00639. The van der Waals surface area contributed by atoms with Gasteiger partial charge in [-0.05, 0) is 60.1 Å².